The zero-order valence-electron chi connectivity index (χ0n) is 11.1. The Labute approximate surface area is 107 Å². The maximum absolute atomic E-state index is 12.1. The molecule has 0 aliphatic heterocycles. The summed E-state index contributed by atoms with van der Waals surface area (Å²) in [5.74, 6) is 0.465. The molecule has 1 amide bonds. The summed E-state index contributed by atoms with van der Waals surface area (Å²) in [6.07, 6.45) is 3.27. The Balaban J connectivity index is 2.63. The highest BCUT2D eigenvalue weighted by Crippen LogP contribution is 2.04. The van der Waals surface area contributed by atoms with Gasteiger partial charge in [-0.25, -0.2) is 9.97 Å². The number of carbonyl (C=O) groups excluding carboxylic acids is 1. The average Bonchev–Trinajstić information content (AvgIpc) is 2.36. The van der Waals surface area contributed by atoms with Crippen LogP contribution < -0.4 is 4.90 Å². The minimum absolute atomic E-state index is 0.0323. The summed E-state index contributed by atoms with van der Waals surface area (Å²) in [6.45, 7) is 4.36. The second-order valence-corrected chi connectivity index (χ2v) is 4.31. The first-order valence-corrected chi connectivity index (χ1v) is 5.94. The molecule has 1 aromatic heterocycles. The number of rotatable bonds is 6. The van der Waals surface area contributed by atoms with Gasteiger partial charge >= 0.3 is 0 Å². The first kappa shape index (κ1) is 14.4. The lowest BCUT2D eigenvalue weighted by molar-refractivity contribution is -0.131. The average molecular weight is 252 g/mol. The molecule has 0 spiro atoms. The summed E-state index contributed by atoms with van der Waals surface area (Å²) in [5.41, 5.74) is 0. The van der Waals surface area contributed by atoms with Crippen molar-refractivity contribution in [2.45, 2.75) is 19.9 Å². The molecule has 6 nitrogen and oxygen atoms in total. The molecule has 0 atom stereocenters. The largest absolute Gasteiger partial charge is 0.395 e. The summed E-state index contributed by atoms with van der Waals surface area (Å²) in [6, 6.07) is 1.79. The fraction of sp³-hybridized carbons (Fsp3) is 0.583. The molecule has 0 aliphatic carbocycles. The fourth-order valence-electron chi connectivity index (χ4n) is 1.63. The van der Waals surface area contributed by atoms with Crippen molar-refractivity contribution in [2.24, 2.45) is 0 Å². The minimum Gasteiger partial charge on any atom is -0.395 e. The van der Waals surface area contributed by atoms with E-state index in [-0.39, 0.29) is 25.1 Å². The smallest absolute Gasteiger partial charge is 0.242 e. The van der Waals surface area contributed by atoms with Crippen molar-refractivity contribution in [2.75, 3.05) is 31.6 Å². The molecule has 0 bridgehead atoms. The highest BCUT2D eigenvalue weighted by Gasteiger charge is 2.18. The third-order valence-corrected chi connectivity index (χ3v) is 2.55. The van der Waals surface area contributed by atoms with Crippen LogP contribution in [0.5, 0.6) is 0 Å². The van der Waals surface area contributed by atoms with E-state index >= 15 is 0 Å². The lowest BCUT2D eigenvalue weighted by Gasteiger charge is -2.28. The van der Waals surface area contributed by atoms with E-state index in [1.54, 1.807) is 35.3 Å². The summed E-state index contributed by atoms with van der Waals surface area (Å²) < 4.78 is 0. The molecule has 0 aliphatic rings. The van der Waals surface area contributed by atoms with E-state index < -0.39 is 0 Å². The molecular formula is C12H20N4O2. The Morgan fingerprint density at radius 3 is 2.50 bits per heavy atom. The zero-order valence-corrected chi connectivity index (χ0v) is 11.1. The van der Waals surface area contributed by atoms with Crippen LogP contribution in [0.3, 0.4) is 0 Å². The molecule has 1 N–H and O–H groups in total. The van der Waals surface area contributed by atoms with Crippen LogP contribution in [0.25, 0.3) is 0 Å². The molecule has 0 saturated heterocycles. The zero-order chi connectivity index (χ0) is 13.5. The van der Waals surface area contributed by atoms with Gasteiger partial charge in [0, 0.05) is 32.0 Å². The first-order valence-electron chi connectivity index (χ1n) is 5.94. The van der Waals surface area contributed by atoms with Crippen LogP contribution in [0.15, 0.2) is 18.5 Å². The fourth-order valence-corrected chi connectivity index (χ4v) is 1.63. The summed E-state index contributed by atoms with van der Waals surface area (Å²) >= 11 is 0. The predicted molar refractivity (Wildman–Crippen MR) is 69.2 cm³/mol. The molecule has 0 fully saturated rings. The third-order valence-electron chi connectivity index (χ3n) is 2.55. The summed E-state index contributed by atoms with van der Waals surface area (Å²) in [4.78, 5) is 23.6. The standard InChI is InChI=1S/C12H20N4O2/c1-10(2)16(7-8-17)11(18)9-15(3)12-13-5-4-6-14-12/h4-6,10,17H,7-9H2,1-3H3. The highest BCUT2D eigenvalue weighted by atomic mass is 16.3. The number of hydrogen-bond acceptors (Lipinski definition) is 5. The van der Waals surface area contributed by atoms with Crippen molar-refractivity contribution in [1.29, 1.82) is 0 Å². The second kappa shape index (κ2) is 6.90. The van der Waals surface area contributed by atoms with Crippen LogP contribution in [0.2, 0.25) is 0 Å². The van der Waals surface area contributed by atoms with Crippen LogP contribution in [0, 0.1) is 0 Å². The number of aliphatic hydroxyl groups excluding tert-OH is 1. The molecule has 0 unspecified atom stereocenters. The van der Waals surface area contributed by atoms with Gasteiger partial charge < -0.3 is 14.9 Å². The topological polar surface area (TPSA) is 69.6 Å². The Kier molecular flexibility index (Phi) is 5.51. The van der Waals surface area contributed by atoms with Gasteiger partial charge in [-0.05, 0) is 19.9 Å². The Morgan fingerprint density at radius 1 is 1.39 bits per heavy atom. The molecule has 18 heavy (non-hydrogen) atoms. The Morgan fingerprint density at radius 2 is 2.00 bits per heavy atom. The number of anilines is 1. The highest BCUT2D eigenvalue weighted by molar-refractivity contribution is 5.81. The number of carbonyl (C=O) groups is 1. The molecule has 6 heteroatoms. The minimum atomic E-state index is -0.0472. The number of nitrogens with zero attached hydrogens (tertiary/aromatic N) is 4. The second-order valence-electron chi connectivity index (χ2n) is 4.31. The van der Waals surface area contributed by atoms with Gasteiger partial charge in [0.25, 0.3) is 0 Å². The van der Waals surface area contributed by atoms with Gasteiger partial charge in [0.05, 0.1) is 13.2 Å². The number of aliphatic hydroxyl groups is 1. The summed E-state index contributed by atoms with van der Waals surface area (Å²) in [5, 5.41) is 8.95. The van der Waals surface area contributed by atoms with Gasteiger partial charge in [-0.3, -0.25) is 4.79 Å². The molecular weight excluding hydrogens is 232 g/mol. The monoisotopic (exact) mass is 252 g/mol. The molecule has 0 aromatic carbocycles. The van der Waals surface area contributed by atoms with E-state index in [4.69, 9.17) is 5.11 Å². The Hall–Kier alpha value is -1.69. The van der Waals surface area contributed by atoms with E-state index in [0.29, 0.717) is 12.5 Å². The lowest BCUT2D eigenvalue weighted by atomic mass is 10.3. The quantitative estimate of drug-likeness (QED) is 0.780. The van der Waals surface area contributed by atoms with E-state index in [9.17, 15) is 4.79 Å². The molecule has 1 aromatic rings. The van der Waals surface area contributed by atoms with Gasteiger partial charge in [0.15, 0.2) is 0 Å². The van der Waals surface area contributed by atoms with Crippen LogP contribution >= 0.6 is 0 Å². The number of likely N-dealkylation sites (N-methyl/N-ethyl adjacent to an activating group) is 1. The number of hydrogen-bond donors (Lipinski definition) is 1. The molecule has 1 heterocycles. The van der Waals surface area contributed by atoms with Crippen molar-refractivity contribution in [3.8, 4) is 0 Å². The van der Waals surface area contributed by atoms with Gasteiger partial charge in [-0.1, -0.05) is 0 Å². The number of amides is 1. The van der Waals surface area contributed by atoms with Crippen molar-refractivity contribution in [1.82, 2.24) is 14.9 Å². The number of aromatic nitrogens is 2. The van der Waals surface area contributed by atoms with E-state index in [0.717, 1.165) is 0 Å². The maximum Gasteiger partial charge on any atom is 0.242 e. The third kappa shape index (κ3) is 3.96. The first-order chi connectivity index (χ1) is 8.56. The SMILES string of the molecule is CC(C)N(CCO)C(=O)CN(C)c1ncccn1. The van der Waals surface area contributed by atoms with Crippen LogP contribution in [0.1, 0.15) is 13.8 Å². The molecule has 0 radical (unpaired) electrons. The van der Waals surface area contributed by atoms with Gasteiger partial charge in [-0.15, -0.1) is 0 Å². The van der Waals surface area contributed by atoms with Crippen molar-refractivity contribution in [3.63, 3.8) is 0 Å². The van der Waals surface area contributed by atoms with Crippen LogP contribution in [-0.2, 0) is 4.79 Å². The van der Waals surface area contributed by atoms with Gasteiger partial charge in [-0.2, -0.15) is 0 Å². The van der Waals surface area contributed by atoms with Crippen LogP contribution in [0.4, 0.5) is 5.95 Å². The van der Waals surface area contributed by atoms with Gasteiger partial charge in [0.2, 0.25) is 11.9 Å². The van der Waals surface area contributed by atoms with Crippen LogP contribution in [-0.4, -0.2) is 58.7 Å². The molecule has 1 rings (SSSR count). The molecule has 0 saturated carbocycles. The predicted octanol–water partition coefficient (Wildman–Crippen LogP) is 0.142. The normalized spacial score (nSPS) is 10.5. The Bertz CT molecular complexity index is 370. The van der Waals surface area contributed by atoms with Crippen molar-refractivity contribution < 1.29 is 9.90 Å². The van der Waals surface area contributed by atoms with Gasteiger partial charge in [0.1, 0.15) is 0 Å². The lowest BCUT2D eigenvalue weighted by Crippen LogP contribution is -2.44. The molecule has 100 valence electrons. The van der Waals surface area contributed by atoms with E-state index in [1.165, 1.54) is 0 Å². The summed E-state index contributed by atoms with van der Waals surface area (Å²) in [7, 11) is 1.77. The van der Waals surface area contributed by atoms with E-state index in [2.05, 4.69) is 9.97 Å². The van der Waals surface area contributed by atoms with Crippen molar-refractivity contribution >= 4 is 11.9 Å². The maximum atomic E-state index is 12.1. The van der Waals surface area contributed by atoms with E-state index in [1.807, 2.05) is 13.8 Å². The van der Waals surface area contributed by atoms with Crippen molar-refractivity contribution in [3.05, 3.63) is 18.5 Å².